The Morgan fingerprint density at radius 2 is 2.31 bits per heavy atom. The Bertz CT molecular complexity index is 130. The van der Waals surface area contributed by atoms with E-state index < -0.39 is 0 Å². The lowest BCUT2D eigenvalue weighted by Crippen LogP contribution is -2.39. The molecule has 0 aliphatic heterocycles. The van der Waals surface area contributed by atoms with E-state index in [9.17, 15) is 0 Å². The number of thioether (sulfide) groups is 1. The first-order valence-electron chi connectivity index (χ1n) is 5.31. The lowest BCUT2D eigenvalue weighted by Gasteiger charge is -2.27. The molecule has 3 heteroatoms. The second-order valence-corrected chi connectivity index (χ2v) is 4.91. The van der Waals surface area contributed by atoms with Crippen LogP contribution in [0.2, 0.25) is 0 Å². The first-order valence-corrected chi connectivity index (χ1v) is 6.70. The molecule has 2 unspecified atom stereocenters. The van der Waals surface area contributed by atoms with Crippen LogP contribution in [0.3, 0.4) is 0 Å². The van der Waals surface area contributed by atoms with E-state index in [1.165, 1.54) is 37.9 Å². The molecule has 2 nitrogen and oxygen atoms in total. The lowest BCUT2D eigenvalue weighted by atomic mass is 9.92. The minimum absolute atomic E-state index is 0.451. The standard InChI is InChI=1S/C10H22N2S/c1-13-7-3-6-12-10-5-2-4-9(11)8-10/h9-10,12H,2-8,11H2,1H3. The van der Waals surface area contributed by atoms with Crippen LogP contribution in [0.15, 0.2) is 0 Å². The molecule has 0 spiro atoms. The fourth-order valence-electron chi connectivity index (χ4n) is 1.94. The van der Waals surface area contributed by atoms with Crippen LogP contribution in [0.5, 0.6) is 0 Å². The van der Waals surface area contributed by atoms with E-state index in [2.05, 4.69) is 11.6 Å². The quantitative estimate of drug-likeness (QED) is 0.665. The molecular formula is C10H22N2S. The third-order valence-corrected chi connectivity index (χ3v) is 3.37. The molecule has 3 N–H and O–H groups in total. The van der Waals surface area contributed by atoms with Gasteiger partial charge < -0.3 is 11.1 Å². The number of nitrogens with two attached hydrogens (primary N) is 1. The second kappa shape index (κ2) is 6.68. The van der Waals surface area contributed by atoms with Crippen molar-refractivity contribution in [2.24, 2.45) is 5.73 Å². The molecule has 1 aliphatic rings. The van der Waals surface area contributed by atoms with Crippen LogP contribution in [0.1, 0.15) is 32.1 Å². The van der Waals surface area contributed by atoms with E-state index in [1.54, 1.807) is 0 Å². The molecule has 0 saturated heterocycles. The van der Waals surface area contributed by atoms with Gasteiger partial charge in [0, 0.05) is 12.1 Å². The highest BCUT2D eigenvalue weighted by Gasteiger charge is 2.17. The van der Waals surface area contributed by atoms with E-state index in [0.717, 1.165) is 6.54 Å². The first-order chi connectivity index (χ1) is 6.33. The Labute approximate surface area is 86.0 Å². The highest BCUT2D eigenvalue weighted by molar-refractivity contribution is 7.98. The predicted molar refractivity (Wildman–Crippen MR) is 61.2 cm³/mol. The summed E-state index contributed by atoms with van der Waals surface area (Å²) in [5.41, 5.74) is 5.91. The monoisotopic (exact) mass is 202 g/mol. The smallest absolute Gasteiger partial charge is 0.00818 e. The van der Waals surface area contributed by atoms with Crippen LogP contribution in [-0.4, -0.2) is 30.6 Å². The molecule has 0 aromatic rings. The van der Waals surface area contributed by atoms with Gasteiger partial charge in [-0.15, -0.1) is 0 Å². The van der Waals surface area contributed by atoms with E-state index >= 15 is 0 Å². The van der Waals surface area contributed by atoms with Crippen LogP contribution >= 0.6 is 11.8 Å². The maximum Gasteiger partial charge on any atom is 0.00818 e. The molecule has 78 valence electrons. The molecule has 1 fully saturated rings. The average molecular weight is 202 g/mol. The first kappa shape index (κ1) is 11.3. The minimum Gasteiger partial charge on any atom is -0.328 e. The number of nitrogens with one attached hydrogen (secondary N) is 1. The number of hydrogen-bond donors (Lipinski definition) is 2. The van der Waals surface area contributed by atoms with Crippen molar-refractivity contribution in [3.05, 3.63) is 0 Å². The van der Waals surface area contributed by atoms with Crippen molar-refractivity contribution in [2.75, 3.05) is 18.6 Å². The highest BCUT2D eigenvalue weighted by atomic mass is 32.2. The molecule has 13 heavy (non-hydrogen) atoms. The van der Waals surface area contributed by atoms with Gasteiger partial charge in [-0.3, -0.25) is 0 Å². The van der Waals surface area contributed by atoms with Gasteiger partial charge in [0.25, 0.3) is 0 Å². The SMILES string of the molecule is CSCCCNC1CCCC(N)C1. The van der Waals surface area contributed by atoms with Crippen molar-refractivity contribution in [1.29, 1.82) is 0 Å². The van der Waals surface area contributed by atoms with Gasteiger partial charge in [0.2, 0.25) is 0 Å². The van der Waals surface area contributed by atoms with Gasteiger partial charge in [0.05, 0.1) is 0 Å². The van der Waals surface area contributed by atoms with Crippen molar-refractivity contribution < 1.29 is 0 Å². The molecule has 2 atom stereocenters. The van der Waals surface area contributed by atoms with Crippen molar-refractivity contribution >= 4 is 11.8 Å². The zero-order valence-electron chi connectivity index (χ0n) is 8.59. The normalized spacial score (nSPS) is 29.1. The van der Waals surface area contributed by atoms with Gasteiger partial charge in [-0.2, -0.15) is 11.8 Å². The van der Waals surface area contributed by atoms with Crippen LogP contribution < -0.4 is 11.1 Å². The molecule has 1 rings (SSSR count). The summed E-state index contributed by atoms with van der Waals surface area (Å²) in [4.78, 5) is 0. The molecule has 0 aromatic heterocycles. The third kappa shape index (κ3) is 4.89. The fourth-order valence-corrected chi connectivity index (χ4v) is 2.37. The summed E-state index contributed by atoms with van der Waals surface area (Å²) in [5, 5.41) is 3.59. The molecule has 0 amide bonds. The number of rotatable bonds is 5. The minimum atomic E-state index is 0.451. The summed E-state index contributed by atoms with van der Waals surface area (Å²) < 4.78 is 0. The molecular weight excluding hydrogens is 180 g/mol. The molecule has 0 aromatic carbocycles. The molecule has 0 heterocycles. The number of hydrogen-bond acceptors (Lipinski definition) is 3. The van der Waals surface area contributed by atoms with Gasteiger partial charge in [-0.05, 0) is 44.2 Å². The average Bonchev–Trinajstić information content (AvgIpc) is 2.13. The Morgan fingerprint density at radius 1 is 1.46 bits per heavy atom. The Hall–Kier alpha value is 0.270. The maximum atomic E-state index is 5.91. The van der Waals surface area contributed by atoms with Crippen LogP contribution in [-0.2, 0) is 0 Å². The van der Waals surface area contributed by atoms with E-state index in [4.69, 9.17) is 5.73 Å². The van der Waals surface area contributed by atoms with Gasteiger partial charge in [-0.1, -0.05) is 6.42 Å². The summed E-state index contributed by atoms with van der Waals surface area (Å²) in [6.45, 7) is 1.16. The Balaban J connectivity index is 2.00. The van der Waals surface area contributed by atoms with Gasteiger partial charge >= 0.3 is 0 Å². The highest BCUT2D eigenvalue weighted by Crippen LogP contribution is 2.16. The van der Waals surface area contributed by atoms with Gasteiger partial charge in [0.15, 0.2) is 0 Å². The summed E-state index contributed by atoms with van der Waals surface area (Å²) in [6, 6.07) is 1.15. The Kier molecular flexibility index (Phi) is 5.83. The van der Waals surface area contributed by atoms with Crippen molar-refractivity contribution in [2.45, 2.75) is 44.2 Å². The summed E-state index contributed by atoms with van der Waals surface area (Å²) in [6.07, 6.45) is 8.49. The van der Waals surface area contributed by atoms with Gasteiger partial charge in [0.1, 0.15) is 0 Å². The summed E-state index contributed by atoms with van der Waals surface area (Å²) in [5.74, 6) is 1.27. The van der Waals surface area contributed by atoms with Crippen LogP contribution in [0.4, 0.5) is 0 Å². The zero-order valence-corrected chi connectivity index (χ0v) is 9.41. The van der Waals surface area contributed by atoms with Crippen molar-refractivity contribution in [3.63, 3.8) is 0 Å². The predicted octanol–water partition coefficient (Wildman–Crippen LogP) is 1.60. The molecule has 0 radical (unpaired) electrons. The molecule has 1 aliphatic carbocycles. The molecule has 0 bridgehead atoms. The maximum absolute atomic E-state index is 5.91. The molecule has 1 saturated carbocycles. The van der Waals surface area contributed by atoms with Crippen LogP contribution in [0, 0.1) is 0 Å². The Morgan fingerprint density at radius 3 is 3.00 bits per heavy atom. The van der Waals surface area contributed by atoms with Crippen molar-refractivity contribution in [1.82, 2.24) is 5.32 Å². The van der Waals surface area contributed by atoms with Crippen molar-refractivity contribution in [3.8, 4) is 0 Å². The van der Waals surface area contributed by atoms with E-state index in [1.807, 2.05) is 11.8 Å². The van der Waals surface area contributed by atoms with E-state index in [-0.39, 0.29) is 0 Å². The van der Waals surface area contributed by atoms with E-state index in [0.29, 0.717) is 12.1 Å². The fraction of sp³-hybridized carbons (Fsp3) is 1.00. The van der Waals surface area contributed by atoms with Crippen LogP contribution in [0.25, 0.3) is 0 Å². The second-order valence-electron chi connectivity index (χ2n) is 3.92. The topological polar surface area (TPSA) is 38.0 Å². The largest absolute Gasteiger partial charge is 0.328 e. The summed E-state index contributed by atoms with van der Waals surface area (Å²) in [7, 11) is 0. The summed E-state index contributed by atoms with van der Waals surface area (Å²) >= 11 is 1.92. The van der Waals surface area contributed by atoms with Gasteiger partial charge in [-0.25, -0.2) is 0 Å². The third-order valence-electron chi connectivity index (χ3n) is 2.67. The lowest BCUT2D eigenvalue weighted by molar-refractivity contribution is 0.340. The zero-order chi connectivity index (χ0) is 9.52.